The Morgan fingerprint density at radius 1 is 0.808 bits per heavy atom. The van der Waals surface area contributed by atoms with E-state index in [4.69, 9.17) is 9.98 Å². The number of rotatable bonds is 10. The third-order valence-corrected chi connectivity index (χ3v) is 4.41. The van der Waals surface area contributed by atoms with Crippen LogP contribution < -0.4 is 0 Å². The molecule has 0 fully saturated rings. The minimum atomic E-state index is 0.963. The van der Waals surface area contributed by atoms with Crippen LogP contribution in [0.15, 0.2) is 58.5 Å². The number of benzene rings is 2. The number of aliphatic imine (C=N–C) groups is 2. The Kier molecular flexibility index (Phi) is 8.82. The predicted molar refractivity (Wildman–Crippen MR) is 116 cm³/mol. The highest BCUT2D eigenvalue weighted by molar-refractivity contribution is 6.31. The Hall–Kier alpha value is -2.22. The van der Waals surface area contributed by atoms with Crippen molar-refractivity contribution >= 4 is 23.3 Å². The lowest BCUT2D eigenvalue weighted by molar-refractivity contribution is 0.839. The molecule has 0 atom stereocenters. The normalized spacial score (nSPS) is 12.0. The third-order valence-electron chi connectivity index (χ3n) is 4.41. The highest BCUT2D eigenvalue weighted by atomic mass is 14.8. The molecule has 0 N–H and O–H groups in total. The molecule has 2 aromatic carbocycles. The lowest BCUT2D eigenvalue weighted by atomic mass is 9.99. The molecule has 0 aliphatic rings. The van der Waals surface area contributed by atoms with E-state index in [9.17, 15) is 0 Å². The van der Waals surface area contributed by atoms with Gasteiger partial charge in [0.1, 0.15) is 0 Å². The summed E-state index contributed by atoms with van der Waals surface area (Å²) in [6.07, 6.45) is 9.83. The quantitative estimate of drug-likeness (QED) is 0.404. The highest BCUT2D eigenvalue weighted by Crippen LogP contribution is 2.21. The second-order valence-electron chi connectivity index (χ2n) is 6.75. The van der Waals surface area contributed by atoms with Gasteiger partial charge in [0.25, 0.3) is 0 Å². The summed E-state index contributed by atoms with van der Waals surface area (Å²) in [5.41, 5.74) is 5.99. The first-order valence-corrected chi connectivity index (χ1v) is 10.0. The molecular weight excluding hydrogens is 316 g/mol. The summed E-state index contributed by atoms with van der Waals surface area (Å²) >= 11 is 0. The molecule has 0 spiro atoms. The van der Waals surface area contributed by atoms with E-state index in [0.29, 0.717) is 0 Å². The monoisotopic (exact) mass is 348 g/mol. The van der Waals surface area contributed by atoms with Crippen molar-refractivity contribution in [1.82, 2.24) is 0 Å². The summed E-state index contributed by atoms with van der Waals surface area (Å²) in [4.78, 5) is 9.53. The molecule has 138 valence electrons. The number of hydrogen-bond acceptors (Lipinski definition) is 2. The van der Waals surface area contributed by atoms with E-state index in [1.807, 2.05) is 36.5 Å². The first-order chi connectivity index (χ1) is 12.8. The van der Waals surface area contributed by atoms with Gasteiger partial charge in [0, 0.05) is 6.21 Å². The number of para-hydroxylation sites is 1. The molecule has 0 aliphatic carbocycles. The molecule has 0 unspecified atom stereocenters. The fourth-order valence-electron chi connectivity index (χ4n) is 3.03. The topological polar surface area (TPSA) is 24.7 Å². The summed E-state index contributed by atoms with van der Waals surface area (Å²) in [6.45, 7) is 6.68. The van der Waals surface area contributed by atoms with Gasteiger partial charge in [-0.15, -0.1) is 0 Å². The van der Waals surface area contributed by atoms with E-state index in [2.05, 4.69) is 39.0 Å². The van der Waals surface area contributed by atoms with Crippen LogP contribution in [0.5, 0.6) is 0 Å². The van der Waals surface area contributed by atoms with Gasteiger partial charge in [-0.25, -0.2) is 0 Å². The summed E-state index contributed by atoms with van der Waals surface area (Å²) in [5.74, 6) is 0. The maximum Gasteiger partial charge on any atom is 0.0633 e. The number of nitrogens with zero attached hydrogens (tertiary/aromatic N) is 2. The molecule has 0 radical (unpaired) electrons. The average molecular weight is 349 g/mol. The lowest BCUT2D eigenvalue weighted by Gasteiger charge is -2.09. The molecule has 0 bridgehead atoms. The van der Waals surface area contributed by atoms with Crippen LogP contribution in [-0.2, 0) is 12.8 Å². The van der Waals surface area contributed by atoms with Crippen LogP contribution in [0, 0.1) is 0 Å². The second kappa shape index (κ2) is 11.4. The van der Waals surface area contributed by atoms with Crippen LogP contribution in [0.2, 0.25) is 0 Å². The largest absolute Gasteiger partial charge is 0.255 e. The minimum absolute atomic E-state index is 0.963. The van der Waals surface area contributed by atoms with Gasteiger partial charge in [-0.05, 0) is 61.1 Å². The summed E-state index contributed by atoms with van der Waals surface area (Å²) in [6, 6.07) is 16.8. The Bertz CT molecular complexity index is 714. The van der Waals surface area contributed by atoms with Crippen LogP contribution in [0.3, 0.4) is 0 Å². The van der Waals surface area contributed by atoms with E-state index in [1.165, 1.54) is 24.0 Å². The Labute approximate surface area is 159 Å². The van der Waals surface area contributed by atoms with Crippen molar-refractivity contribution in [2.45, 2.75) is 65.7 Å². The van der Waals surface area contributed by atoms with Crippen molar-refractivity contribution < 1.29 is 0 Å². The van der Waals surface area contributed by atoms with Crippen LogP contribution in [0.1, 0.15) is 64.0 Å². The van der Waals surface area contributed by atoms with Gasteiger partial charge in [-0.2, -0.15) is 0 Å². The number of unbranched alkanes of at least 4 members (excludes halogenated alkanes) is 1. The van der Waals surface area contributed by atoms with E-state index < -0.39 is 0 Å². The zero-order chi connectivity index (χ0) is 18.6. The van der Waals surface area contributed by atoms with Gasteiger partial charge in [0.15, 0.2) is 0 Å². The first kappa shape index (κ1) is 20.1. The number of aryl methyl sites for hydroxylation is 2. The number of hydrogen-bond donors (Lipinski definition) is 0. The smallest absolute Gasteiger partial charge is 0.0633 e. The summed E-state index contributed by atoms with van der Waals surface area (Å²) in [7, 11) is 0. The lowest BCUT2D eigenvalue weighted by Crippen LogP contribution is -1.99. The van der Waals surface area contributed by atoms with Gasteiger partial charge in [-0.3, -0.25) is 9.98 Å². The predicted octanol–water partition coefficient (Wildman–Crippen LogP) is 7.26. The molecule has 0 saturated carbocycles. The van der Waals surface area contributed by atoms with Crippen LogP contribution in [-0.4, -0.2) is 11.9 Å². The highest BCUT2D eigenvalue weighted by Gasteiger charge is 2.03. The maximum atomic E-state index is 4.78. The molecule has 2 nitrogen and oxygen atoms in total. The molecule has 2 heteroatoms. The standard InChI is InChI=1S/C24H32N2/c1-4-7-13-24(26-22-14-9-8-10-15-22)19-25-23-17-16-20(11-5-2)21(18-23)12-6-3/h8-10,14-19H,4-7,11-13H2,1-3H3. The van der Waals surface area contributed by atoms with Crippen molar-refractivity contribution in [2.24, 2.45) is 9.98 Å². The van der Waals surface area contributed by atoms with E-state index in [-0.39, 0.29) is 0 Å². The van der Waals surface area contributed by atoms with Gasteiger partial charge >= 0.3 is 0 Å². The Morgan fingerprint density at radius 3 is 2.23 bits per heavy atom. The fraction of sp³-hybridized carbons (Fsp3) is 0.417. The second-order valence-corrected chi connectivity index (χ2v) is 6.75. The SMILES string of the molecule is CCCCC(C=Nc1ccc(CCC)c(CCC)c1)=Nc1ccccc1. The Balaban J connectivity index is 2.22. The van der Waals surface area contributed by atoms with Crippen LogP contribution >= 0.6 is 0 Å². The zero-order valence-electron chi connectivity index (χ0n) is 16.5. The fourth-order valence-corrected chi connectivity index (χ4v) is 3.03. The summed E-state index contributed by atoms with van der Waals surface area (Å²) in [5, 5.41) is 0. The first-order valence-electron chi connectivity index (χ1n) is 10.0. The van der Waals surface area contributed by atoms with E-state index >= 15 is 0 Å². The van der Waals surface area contributed by atoms with Crippen LogP contribution in [0.4, 0.5) is 11.4 Å². The van der Waals surface area contributed by atoms with Crippen molar-refractivity contribution in [2.75, 3.05) is 0 Å². The van der Waals surface area contributed by atoms with Crippen molar-refractivity contribution in [3.8, 4) is 0 Å². The Morgan fingerprint density at radius 2 is 1.54 bits per heavy atom. The molecule has 2 aromatic rings. The van der Waals surface area contributed by atoms with E-state index in [0.717, 1.165) is 49.2 Å². The minimum Gasteiger partial charge on any atom is -0.255 e. The van der Waals surface area contributed by atoms with Gasteiger partial charge in [-0.1, -0.05) is 64.3 Å². The molecular formula is C24H32N2. The molecule has 0 aliphatic heterocycles. The molecule has 0 aromatic heterocycles. The molecule has 0 amide bonds. The molecule has 2 rings (SSSR count). The van der Waals surface area contributed by atoms with Crippen LogP contribution in [0.25, 0.3) is 0 Å². The van der Waals surface area contributed by atoms with E-state index in [1.54, 1.807) is 0 Å². The van der Waals surface area contributed by atoms with Crippen molar-refractivity contribution in [3.63, 3.8) is 0 Å². The zero-order valence-corrected chi connectivity index (χ0v) is 16.5. The maximum absolute atomic E-state index is 4.78. The molecule has 0 heterocycles. The van der Waals surface area contributed by atoms with Crippen molar-refractivity contribution in [3.05, 3.63) is 59.7 Å². The molecule has 26 heavy (non-hydrogen) atoms. The summed E-state index contributed by atoms with van der Waals surface area (Å²) < 4.78 is 0. The van der Waals surface area contributed by atoms with Gasteiger partial charge in [0.2, 0.25) is 0 Å². The molecule has 0 saturated heterocycles. The average Bonchev–Trinajstić information content (AvgIpc) is 2.67. The van der Waals surface area contributed by atoms with Gasteiger partial charge < -0.3 is 0 Å². The van der Waals surface area contributed by atoms with Crippen molar-refractivity contribution in [1.29, 1.82) is 0 Å². The third kappa shape index (κ3) is 6.59. The van der Waals surface area contributed by atoms with Gasteiger partial charge in [0.05, 0.1) is 17.1 Å².